The molecule has 7 nitrogen and oxygen atoms in total. The van der Waals surface area contributed by atoms with Crippen LogP contribution in [0.15, 0.2) is 40.1 Å². The van der Waals surface area contributed by atoms with Crippen molar-refractivity contribution < 1.29 is 9.18 Å². The molecule has 130 valence electrons. The third-order valence-electron chi connectivity index (χ3n) is 3.65. The number of hydrogen-bond acceptors (Lipinski definition) is 4. The summed E-state index contributed by atoms with van der Waals surface area (Å²) in [6.07, 6.45) is 1.67. The predicted octanol–water partition coefficient (Wildman–Crippen LogP) is 0.400. The van der Waals surface area contributed by atoms with Gasteiger partial charge in [-0.05, 0) is 31.0 Å². The molecule has 0 saturated heterocycles. The molecule has 2 aromatic rings. The summed E-state index contributed by atoms with van der Waals surface area (Å²) in [6.45, 7) is 1.79. The molecule has 0 saturated carbocycles. The van der Waals surface area contributed by atoms with Crippen molar-refractivity contribution in [1.82, 2.24) is 14.5 Å². The second-order valence-electron chi connectivity index (χ2n) is 5.34. The van der Waals surface area contributed by atoms with E-state index in [4.69, 9.17) is 5.26 Å². The van der Waals surface area contributed by atoms with Crippen LogP contribution in [-0.4, -0.2) is 21.6 Å². The molecular weight excluding hydrogens is 327 g/mol. The van der Waals surface area contributed by atoms with Crippen molar-refractivity contribution in [3.8, 4) is 6.07 Å². The largest absolute Gasteiger partial charge is 0.354 e. The first kappa shape index (κ1) is 18.1. The Morgan fingerprint density at radius 3 is 2.56 bits per heavy atom. The van der Waals surface area contributed by atoms with Gasteiger partial charge in [0.25, 0.3) is 5.56 Å². The van der Waals surface area contributed by atoms with E-state index in [1.54, 1.807) is 25.1 Å². The Hall–Kier alpha value is -3.21. The number of benzene rings is 1. The summed E-state index contributed by atoms with van der Waals surface area (Å²) in [5, 5.41) is 11.6. The summed E-state index contributed by atoms with van der Waals surface area (Å²) < 4.78 is 14.8. The molecule has 8 heteroatoms. The van der Waals surface area contributed by atoms with Gasteiger partial charge in [0.15, 0.2) is 0 Å². The van der Waals surface area contributed by atoms with E-state index >= 15 is 0 Å². The summed E-state index contributed by atoms with van der Waals surface area (Å²) in [5.41, 5.74) is -0.773. The highest BCUT2D eigenvalue weighted by molar-refractivity contribution is 5.75. The number of nitrogens with one attached hydrogen (secondary N) is 1. The van der Waals surface area contributed by atoms with Gasteiger partial charge in [-0.15, -0.1) is 0 Å². The van der Waals surface area contributed by atoms with Crippen molar-refractivity contribution in [2.45, 2.75) is 26.4 Å². The summed E-state index contributed by atoms with van der Waals surface area (Å²) in [6, 6.07) is 7.61. The molecule has 0 bridgehead atoms. The van der Waals surface area contributed by atoms with Crippen molar-refractivity contribution in [1.29, 1.82) is 5.26 Å². The lowest BCUT2D eigenvalue weighted by atomic mass is 10.1. The maximum atomic E-state index is 12.8. The van der Waals surface area contributed by atoms with Crippen LogP contribution >= 0.6 is 0 Å². The summed E-state index contributed by atoms with van der Waals surface area (Å²) >= 11 is 0. The molecular formula is C17H17FN4O3. The minimum atomic E-state index is -0.786. The van der Waals surface area contributed by atoms with E-state index in [1.165, 1.54) is 22.9 Å². The normalized spacial score (nSPS) is 10.3. The molecule has 0 radical (unpaired) electrons. The van der Waals surface area contributed by atoms with E-state index < -0.39 is 23.7 Å². The Bertz CT molecular complexity index is 923. The molecule has 0 fully saturated rings. The average molecular weight is 344 g/mol. The summed E-state index contributed by atoms with van der Waals surface area (Å²) in [5.74, 6) is -0.851. The third-order valence-corrected chi connectivity index (χ3v) is 3.65. The second kappa shape index (κ2) is 8.06. The molecule has 0 spiro atoms. The van der Waals surface area contributed by atoms with Crippen LogP contribution in [0.5, 0.6) is 0 Å². The van der Waals surface area contributed by atoms with Crippen molar-refractivity contribution in [3.63, 3.8) is 0 Å². The highest BCUT2D eigenvalue weighted by atomic mass is 19.1. The van der Waals surface area contributed by atoms with Crippen molar-refractivity contribution in [2.75, 3.05) is 6.54 Å². The van der Waals surface area contributed by atoms with E-state index in [-0.39, 0.29) is 24.5 Å². The zero-order valence-corrected chi connectivity index (χ0v) is 13.7. The Labute approximate surface area is 142 Å². The van der Waals surface area contributed by atoms with Gasteiger partial charge >= 0.3 is 5.69 Å². The SMILES string of the molecule is CCn1cc(C#N)c(=O)n(CC(=O)NCCc2ccc(F)cc2)c1=O. The maximum absolute atomic E-state index is 12.8. The van der Waals surface area contributed by atoms with Crippen LogP contribution in [0.2, 0.25) is 0 Å². The number of amides is 1. The third kappa shape index (κ3) is 4.41. The quantitative estimate of drug-likeness (QED) is 0.820. The fourth-order valence-corrected chi connectivity index (χ4v) is 2.29. The molecule has 0 atom stereocenters. The van der Waals surface area contributed by atoms with Gasteiger partial charge in [-0.3, -0.25) is 14.2 Å². The first-order valence-electron chi connectivity index (χ1n) is 7.71. The van der Waals surface area contributed by atoms with Gasteiger partial charge in [-0.25, -0.2) is 13.8 Å². The minimum Gasteiger partial charge on any atom is -0.354 e. The van der Waals surface area contributed by atoms with Crippen LogP contribution < -0.4 is 16.6 Å². The van der Waals surface area contributed by atoms with E-state index in [0.29, 0.717) is 6.42 Å². The molecule has 1 aromatic carbocycles. The smallest absolute Gasteiger partial charge is 0.331 e. The molecule has 0 unspecified atom stereocenters. The van der Waals surface area contributed by atoms with E-state index in [2.05, 4.69) is 5.32 Å². The molecule has 1 N–H and O–H groups in total. The Morgan fingerprint density at radius 1 is 1.28 bits per heavy atom. The summed E-state index contributed by atoms with van der Waals surface area (Å²) in [4.78, 5) is 36.2. The molecule has 0 aliphatic heterocycles. The van der Waals surface area contributed by atoms with Crippen LogP contribution in [0.25, 0.3) is 0 Å². The molecule has 25 heavy (non-hydrogen) atoms. The number of aryl methyl sites for hydroxylation is 1. The number of aromatic nitrogens is 2. The van der Waals surface area contributed by atoms with Crippen molar-refractivity contribution in [3.05, 3.63) is 68.2 Å². The van der Waals surface area contributed by atoms with Crippen LogP contribution in [0.4, 0.5) is 4.39 Å². The summed E-state index contributed by atoms with van der Waals surface area (Å²) in [7, 11) is 0. The van der Waals surface area contributed by atoms with Gasteiger partial charge in [0.2, 0.25) is 5.91 Å². The van der Waals surface area contributed by atoms with Gasteiger partial charge in [0, 0.05) is 19.3 Å². The standard InChI is InChI=1S/C17H17FN4O3/c1-2-21-10-13(9-19)16(24)22(17(21)25)11-15(23)20-8-7-12-3-5-14(18)6-4-12/h3-6,10H,2,7-8,11H2,1H3,(H,20,23). The second-order valence-corrected chi connectivity index (χ2v) is 5.34. The molecule has 0 aliphatic rings. The van der Waals surface area contributed by atoms with Gasteiger partial charge in [0.05, 0.1) is 0 Å². The molecule has 1 aromatic heterocycles. The van der Waals surface area contributed by atoms with Crippen molar-refractivity contribution in [2.24, 2.45) is 0 Å². The number of halogens is 1. The number of carbonyl (C=O) groups is 1. The minimum absolute atomic E-state index is 0.194. The fraction of sp³-hybridized carbons (Fsp3) is 0.294. The Morgan fingerprint density at radius 2 is 1.96 bits per heavy atom. The number of rotatable bonds is 6. The van der Waals surface area contributed by atoms with Gasteiger partial charge in [0.1, 0.15) is 24.0 Å². The highest BCUT2D eigenvalue weighted by Crippen LogP contribution is 2.02. The monoisotopic (exact) mass is 344 g/mol. The van der Waals surface area contributed by atoms with Gasteiger partial charge in [-0.2, -0.15) is 5.26 Å². The zero-order chi connectivity index (χ0) is 18.4. The lowest BCUT2D eigenvalue weighted by molar-refractivity contribution is -0.121. The molecule has 1 amide bonds. The fourth-order valence-electron chi connectivity index (χ4n) is 2.29. The van der Waals surface area contributed by atoms with Crippen LogP contribution in [0.1, 0.15) is 18.1 Å². The lowest BCUT2D eigenvalue weighted by Gasteiger charge is -2.10. The van der Waals surface area contributed by atoms with Gasteiger partial charge in [-0.1, -0.05) is 12.1 Å². The zero-order valence-electron chi connectivity index (χ0n) is 13.7. The number of nitrogens with zero attached hydrogens (tertiary/aromatic N) is 3. The molecule has 1 heterocycles. The number of carbonyl (C=O) groups excluding carboxylic acids is 1. The predicted molar refractivity (Wildman–Crippen MR) is 88.5 cm³/mol. The van der Waals surface area contributed by atoms with Crippen LogP contribution in [0, 0.1) is 17.1 Å². The first-order chi connectivity index (χ1) is 12.0. The molecule has 2 rings (SSSR count). The van der Waals surface area contributed by atoms with Crippen LogP contribution in [-0.2, 0) is 24.3 Å². The topological polar surface area (TPSA) is 96.9 Å². The Balaban J connectivity index is 2.05. The number of hydrogen-bond donors (Lipinski definition) is 1. The lowest BCUT2D eigenvalue weighted by Crippen LogP contribution is -2.44. The maximum Gasteiger partial charge on any atom is 0.331 e. The Kier molecular flexibility index (Phi) is 5.84. The van der Waals surface area contributed by atoms with Crippen molar-refractivity contribution >= 4 is 5.91 Å². The molecule has 0 aliphatic carbocycles. The highest BCUT2D eigenvalue weighted by Gasteiger charge is 2.13. The number of nitriles is 1. The van der Waals surface area contributed by atoms with Crippen LogP contribution in [0.3, 0.4) is 0 Å². The average Bonchev–Trinajstić information content (AvgIpc) is 2.60. The van der Waals surface area contributed by atoms with E-state index in [9.17, 15) is 18.8 Å². The van der Waals surface area contributed by atoms with Gasteiger partial charge < -0.3 is 5.32 Å². The van der Waals surface area contributed by atoms with E-state index in [1.807, 2.05) is 0 Å². The van der Waals surface area contributed by atoms with E-state index in [0.717, 1.165) is 10.1 Å². The first-order valence-corrected chi connectivity index (χ1v) is 7.71.